The lowest BCUT2D eigenvalue weighted by atomic mass is 10.1. The van der Waals surface area contributed by atoms with Crippen molar-refractivity contribution in [3.05, 3.63) is 63.1 Å². The second-order valence-electron chi connectivity index (χ2n) is 5.42. The molecule has 0 unspecified atom stereocenters. The predicted molar refractivity (Wildman–Crippen MR) is 99.5 cm³/mol. The molecule has 140 valence electrons. The third kappa shape index (κ3) is 4.45. The molecule has 0 bridgehead atoms. The number of para-hydroxylation sites is 1. The number of carbonyl (C=O) groups is 1. The van der Waals surface area contributed by atoms with Crippen LogP contribution >= 0.6 is 11.3 Å². The van der Waals surface area contributed by atoms with Gasteiger partial charge >= 0.3 is 0 Å². The Morgan fingerprint density at radius 2 is 2.04 bits per heavy atom. The first kappa shape index (κ1) is 18.9. The Kier molecular flexibility index (Phi) is 6.07. The Bertz CT molecular complexity index is 971. The first-order valence-corrected chi connectivity index (χ1v) is 8.80. The van der Waals surface area contributed by atoms with Crippen LogP contribution in [0.4, 0.5) is 5.69 Å². The fourth-order valence-corrected chi connectivity index (χ4v) is 3.29. The molecule has 9 heteroatoms. The zero-order valence-corrected chi connectivity index (χ0v) is 15.2. The van der Waals surface area contributed by atoms with Crippen LogP contribution in [-0.4, -0.2) is 42.8 Å². The maximum absolute atomic E-state index is 12.7. The van der Waals surface area contributed by atoms with Gasteiger partial charge in [0.05, 0.1) is 28.4 Å². The van der Waals surface area contributed by atoms with E-state index in [9.17, 15) is 14.9 Å². The number of benzene rings is 2. The quantitative estimate of drug-likeness (QED) is 0.182. The van der Waals surface area contributed by atoms with Crippen molar-refractivity contribution in [1.82, 2.24) is 4.98 Å². The molecule has 0 atom stereocenters. The van der Waals surface area contributed by atoms with Crippen molar-refractivity contribution in [2.45, 2.75) is 0 Å². The van der Waals surface area contributed by atoms with E-state index in [1.807, 2.05) is 0 Å². The van der Waals surface area contributed by atoms with Crippen molar-refractivity contribution >= 4 is 33.0 Å². The number of fused-ring (bicyclic) bond motifs is 1. The van der Waals surface area contributed by atoms with Crippen LogP contribution in [0.2, 0.25) is 0 Å². The van der Waals surface area contributed by atoms with Gasteiger partial charge in [-0.1, -0.05) is 12.1 Å². The topological polar surface area (TPSA) is 101 Å². The van der Waals surface area contributed by atoms with Crippen molar-refractivity contribution in [3.8, 4) is 5.75 Å². The Labute approximate surface area is 158 Å². The van der Waals surface area contributed by atoms with E-state index in [0.29, 0.717) is 24.5 Å². The first-order chi connectivity index (χ1) is 13.1. The molecule has 8 nitrogen and oxygen atoms in total. The van der Waals surface area contributed by atoms with Gasteiger partial charge in [0.1, 0.15) is 11.3 Å². The van der Waals surface area contributed by atoms with Crippen LogP contribution < -0.4 is 4.74 Å². The molecule has 0 aliphatic heterocycles. The SMILES string of the molecule is COCCOCOc1ccc2nc(C(=O)c3ccccc3[N+](=O)[O-])sc2c1. The predicted octanol–water partition coefficient (Wildman–Crippen LogP) is 3.43. The van der Waals surface area contributed by atoms with Gasteiger partial charge in [-0.15, -0.1) is 11.3 Å². The summed E-state index contributed by atoms with van der Waals surface area (Å²) in [4.78, 5) is 27.5. The van der Waals surface area contributed by atoms with Crippen LogP contribution in [0.15, 0.2) is 42.5 Å². The van der Waals surface area contributed by atoms with Gasteiger partial charge in [0.25, 0.3) is 5.69 Å². The molecule has 3 aromatic rings. The van der Waals surface area contributed by atoms with E-state index in [2.05, 4.69) is 4.98 Å². The summed E-state index contributed by atoms with van der Waals surface area (Å²) in [6, 6.07) is 11.0. The number of ketones is 1. The fraction of sp³-hybridized carbons (Fsp3) is 0.222. The monoisotopic (exact) mass is 388 g/mol. The zero-order chi connectivity index (χ0) is 19.2. The number of hydrogen-bond donors (Lipinski definition) is 0. The van der Waals surface area contributed by atoms with Crippen molar-refractivity contribution in [2.75, 3.05) is 27.1 Å². The normalized spacial score (nSPS) is 10.9. The van der Waals surface area contributed by atoms with E-state index in [0.717, 1.165) is 16.0 Å². The van der Waals surface area contributed by atoms with Crippen molar-refractivity contribution in [2.24, 2.45) is 0 Å². The molecule has 0 fully saturated rings. The molecule has 27 heavy (non-hydrogen) atoms. The minimum Gasteiger partial charge on any atom is -0.468 e. The van der Waals surface area contributed by atoms with Crippen LogP contribution in [-0.2, 0) is 9.47 Å². The maximum atomic E-state index is 12.7. The van der Waals surface area contributed by atoms with Gasteiger partial charge in [-0.05, 0) is 24.3 Å². The smallest absolute Gasteiger partial charge is 0.280 e. The van der Waals surface area contributed by atoms with E-state index >= 15 is 0 Å². The lowest BCUT2D eigenvalue weighted by Gasteiger charge is -2.06. The Morgan fingerprint density at radius 3 is 2.81 bits per heavy atom. The van der Waals surface area contributed by atoms with Crippen LogP contribution in [0, 0.1) is 10.1 Å². The molecule has 0 amide bonds. The third-order valence-corrected chi connectivity index (χ3v) is 4.66. The minimum absolute atomic E-state index is 0.0181. The molecule has 0 aliphatic rings. The number of carbonyl (C=O) groups excluding carboxylic acids is 1. The van der Waals surface area contributed by atoms with Crippen molar-refractivity contribution in [3.63, 3.8) is 0 Å². The Morgan fingerprint density at radius 1 is 1.22 bits per heavy atom. The van der Waals surface area contributed by atoms with Crippen LogP contribution in [0.3, 0.4) is 0 Å². The van der Waals surface area contributed by atoms with E-state index in [1.54, 1.807) is 31.4 Å². The number of nitro benzene ring substituents is 1. The molecule has 1 aromatic heterocycles. The lowest BCUT2D eigenvalue weighted by Crippen LogP contribution is -2.07. The summed E-state index contributed by atoms with van der Waals surface area (Å²) in [5, 5.41) is 11.3. The van der Waals surface area contributed by atoms with Crippen LogP contribution in [0.5, 0.6) is 5.75 Å². The Balaban J connectivity index is 1.78. The number of methoxy groups -OCH3 is 1. The van der Waals surface area contributed by atoms with E-state index in [1.165, 1.54) is 18.2 Å². The van der Waals surface area contributed by atoms with Gasteiger partial charge in [-0.2, -0.15) is 0 Å². The van der Waals surface area contributed by atoms with Crippen molar-refractivity contribution < 1.29 is 23.9 Å². The van der Waals surface area contributed by atoms with Gasteiger partial charge in [0, 0.05) is 13.2 Å². The van der Waals surface area contributed by atoms with Gasteiger partial charge in [0.2, 0.25) is 5.78 Å². The molecule has 0 N–H and O–H groups in total. The average molecular weight is 388 g/mol. The van der Waals surface area contributed by atoms with Gasteiger partial charge in [0.15, 0.2) is 11.8 Å². The molecular formula is C18H16N2O6S. The van der Waals surface area contributed by atoms with Crippen LogP contribution in [0.1, 0.15) is 15.4 Å². The molecule has 3 rings (SSSR count). The lowest BCUT2D eigenvalue weighted by molar-refractivity contribution is -0.385. The largest absolute Gasteiger partial charge is 0.468 e. The zero-order valence-electron chi connectivity index (χ0n) is 14.4. The molecule has 0 aliphatic carbocycles. The number of ether oxygens (including phenoxy) is 3. The number of nitro groups is 1. The van der Waals surface area contributed by atoms with Crippen LogP contribution in [0.25, 0.3) is 10.2 Å². The second-order valence-corrected chi connectivity index (χ2v) is 6.45. The molecule has 2 aromatic carbocycles. The number of aromatic nitrogens is 1. The molecule has 0 saturated heterocycles. The van der Waals surface area contributed by atoms with E-state index in [-0.39, 0.29) is 23.1 Å². The van der Waals surface area contributed by atoms with Crippen molar-refractivity contribution in [1.29, 1.82) is 0 Å². The Hall–Kier alpha value is -2.88. The highest BCUT2D eigenvalue weighted by Crippen LogP contribution is 2.29. The summed E-state index contributed by atoms with van der Waals surface area (Å²) in [5.41, 5.74) is 0.401. The fourth-order valence-electron chi connectivity index (χ4n) is 2.34. The highest BCUT2D eigenvalue weighted by molar-refractivity contribution is 7.20. The summed E-state index contributed by atoms with van der Waals surface area (Å²) < 4.78 is 16.4. The molecule has 0 spiro atoms. The summed E-state index contributed by atoms with van der Waals surface area (Å²) in [5.74, 6) is 0.0992. The molecule has 0 radical (unpaired) electrons. The summed E-state index contributed by atoms with van der Waals surface area (Å²) in [7, 11) is 1.59. The number of hydrogen-bond acceptors (Lipinski definition) is 8. The van der Waals surface area contributed by atoms with Gasteiger partial charge < -0.3 is 14.2 Å². The van der Waals surface area contributed by atoms with Gasteiger partial charge in [-0.25, -0.2) is 4.98 Å². The molecule has 1 heterocycles. The third-order valence-electron chi connectivity index (χ3n) is 3.64. The standard InChI is InChI=1S/C18H16N2O6S/c1-24-8-9-25-11-26-12-6-7-14-16(10-12)27-18(19-14)17(21)13-4-2-3-5-15(13)20(22)23/h2-7,10H,8-9,11H2,1H3. The summed E-state index contributed by atoms with van der Waals surface area (Å²) >= 11 is 1.16. The van der Waals surface area contributed by atoms with E-state index in [4.69, 9.17) is 14.2 Å². The molecule has 0 saturated carbocycles. The first-order valence-electron chi connectivity index (χ1n) is 7.98. The second kappa shape index (κ2) is 8.67. The number of nitrogens with zero attached hydrogens (tertiary/aromatic N) is 2. The average Bonchev–Trinajstić information content (AvgIpc) is 3.10. The molecular weight excluding hydrogens is 372 g/mol. The highest BCUT2D eigenvalue weighted by atomic mass is 32.1. The summed E-state index contributed by atoms with van der Waals surface area (Å²) in [6.45, 7) is 0.984. The number of rotatable bonds is 9. The van der Waals surface area contributed by atoms with E-state index < -0.39 is 10.7 Å². The number of thiazole rings is 1. The maximum Gasteiger partial charge on any atom is 0.280 e. The minimum atomic E-state index is -0.573. The van der Waals surface area contributed by atoms with Gasteiger partial charge in [-0.3, -0.25) is 14.9 Å². The highest BCUT2D eigenvalue weighted by Gasteiger charge is 2.23. The summed E-state index contributed by atoms with van der Waals surface area (Å²) in [6.07, 6.45) is 0.